The molecule has 0 aliphatic carbocycles. The van der Waals surface area contributed by atoms with Gasteiger partial charge in [0.2, 0.25) is 0 Å². The maximum Gasteiger partial charge on any atom is 0.123 e. The van der Waals surface area contributed by atoms with Crippen molar-refractivity contribution in [2.45, 2.75) is 6.42 Å². The first kappa shape index (κ1) is 9.58. The van der Waals surface area contributed by atoms with Gasteiger partial charge in [-0.15, -0.1) is 0 Å². The zero-order valence-electron chi connectivity index (χ0n) is 7.53. The summed E-state index contributed by atoms with van der Waals surface area (Å²) in [5, 5.41) is 0. The SMILES string of the molecule is COc1ccc(OCCC=O)cc1. The molecule has 1 aromatic rings. The Hall–Kier alpha value is -1.51. The van der Waals surface area contributed by atoms with Crippen LogP contribution in [0.15, 0.2) is 24.3 Å². The second-order valence-corrected chi connectivity index (χ2v) is 2.48. The van der Waals surface area contributed by atoms with Gasteiger partial charge in [-0.3, -0.25) is 0 Å². The Bertz CT molecular complexity index is 253. The van der Waals surface area contributed by atoms with Gasteiger partial charge in [0.1, 0.15) is 17.8 Å². The van der Waals surface area contributed by atoms with Crippen molar-refractivity contribution in [2.75, 3.05) is 13.7 Å². The van der Waals surface area contributed by atoms with Gasteiger partial charge in [-0.05, 0) is 24.3 Å². The molecule has 0 unspecified atom stereocenters. The summed E-state index contributed by atoms with van der Waals surface area (Å²) in [4.78, 5) is 10.00. The van der Waals surface area contributed by atoms with E-state index in [4.69, 9.17) is 9.47 Å². The molecule has 0 radical (unpaired) electrons. The molecule has 0 fully saturated rings. The molecule has 3 heteroatoms. The molecule has 0 bridgehead atoms. The Morgan fingerprint density at radius 2 is 1.85 bits per heavy atom. The Morgan fingerprint density at radius 3 is 2.38 bits per heavy atom. The van der Waals surface area contributed by atoms with E-state index in [0.717, 1.165) is 17.8 Å². The molecule has 0 aliphatic heterocycles. The third kappa shape index (κ3) is 3.15. The quantitative estimate of drug-likeness (QED) is 0.510. The molecular weight excluding hydrogens is 168 g/mol. The minimum atomic E-state index is 0.423. The van der Waals surface area contributed by atoms with E-state index in [1.165, 1.54) is 0 Å². The molecule has 0 amide bonds. The van der Waals surface area contributed by atoms with Crippen LogP contribution in [0.4, 0.5) is 0 Å². The van der Waals surface area contributed by atoms with Gasteiger partial charge in [0, 0.05) is 6.42 Å². The van der Waals surface area contributed by atoms with E-state index in [1.54, 1.807) is 7.11 Å². The lowest BCUT2D eigenvalue weighted by atomic mass is 10.3. The van der Waals surface area contributed by atoms with Crippen molar-refractivity contribution in [1.29, 1.82) is 0 Å². The first-order valence-corrected chi connectivity index (χ1v) is 4.07. The topological polar surface area (TPSA) is 35.5 Å². The highest BCUT2D eigenvalue weighted by Crippen LogP contribution is 2.16. The molecule has 0 saturated carbocycles. The molecule has 13 heavy (non-hydrogen) atoms. The summed E-state index contributed by atoms with van der Waals surface area (Å²) < 4.78 is 10.2. The van der Waals surface area contributed by atoms with Crippen LogP contribution in [0.2, 0.25) is 0 Å². The summed E-state index contributed by atoms with van der Waals surface area (Å²) >= 11 is 0. The van der Waals surface area contributed by atoms with E-state index in [0.29, 0.717) is 13.0 Å². The Balaban J connectivity index is 2.44. The van der Waals surface area contributed by atoms with Gasteiger partial charge in [0.25, 0.3) is 0 Å². The number of benzene rings is 1. The maximum atomic E-state index is 10.00. The average Bonchev–Trinajstić information content (AvgIpc) is 2.19. The van der Waals surface area contributed by atoms with Gasteiger partial charge in [0.05, 0.1) is 13.7 Å². The summed E-state index contributed by atoms with van der Waals surface area (Å²) in [6, 6.07) is 7.25. The van der Waals surface area contributed by atoms with Gasteiger partial charge in [-0.25, -0.2) is 0 Å². The normalized spacial score (nSPS) is 9.31. The molecule has 0 atom stereocenters. The van der Waals surface area contributed by atoms with Crippen molar-refractivity contribution < 1.29 is 14.3 Å². The van der Waals surface area contributed by atoms with Crippen molar-refractivity contribution in [3.05, 3.63) is 24.3 Å². The van der Waals surface area contributed by atoms with Gasteiger partial charge >= 0.3 is 0 Å². The van der Waals surface area contributed by atoms with Crippen LogP contribution in [0.3, 0.4) is 0 Å². The predicted octanol–water partition coefficient (Wildman–Crippen LogP) is 1.66. The van der Waals surface area contributed by atoms with Crippen molar-refractivity contribution in [1.82, 2.24) is 0 Å². The second-order valence-electron chi connectivity index (χ2n) is 2.48. The summed E-state index contributed by atoms with van der Waals surface area (Å²) in [6.45, 7) is 0.426. The standard InChI is InChI=1S/C10H12O3/c1-12-9-3-5-10(6-4-9)13-8-2-7-11/h3-7H,2,8H2,1H3. The Kier molecular flexibility index (Phi) is 3.82. The van der Waals surface area contributed by atoms with Gasteiger partial charge in [-0.2, -0.15) is 0 Å². The number of methoxy groups -OCH3 is 1. The fourth-order valence-corrected chi connectivity index (χ4v) is 0.897. The Morgan fingerprint density at radius 1 is 1.23 bits per heavy atom. The van der Waals surface area contributed by atoms with Crippen molar-refractivity contribution >= 4 is 6.29 Å². The van der Waals surface area contributed by atoms with Crippen LogP contribution < -0.4 is 9.47 Å². The highest BCUT2D eigenvalue weighted by Gasteiger charge is 1.93. The third-order valence-electron chi connectivity index (χ3n) is 1.56. The van der Waals surface area contributed by atoms with Crippen molar-refractivity contribution in [2.24, 2.45) is 0 Å². The van der Waals surface area contributed by atoms with E-state index < -0.39 is 0 Å². The molecule has 0 aromatic heterocycles. The maximum absolute atomic E-state index is 10.00. The number of hydrogen-bond acceptors (Lipinski definition) is 3. The first-order chi connectivity index (χ1) is 6.36. The Labute approximate surface area is 77.3 Å². The predicted molar refractivity (Wildman–Crippen MR) is 49.2 cm³/mol. The largest absolute Gasteiger partial charge is 0.497 e. The number of aldehydes is 1. The van der Waals surface area contributed by atoms with E-state index in [2.05, 4.69) is 0 Å². The molecule has 1 rings (SSSR count). The van der Waals surface area contributed by atoms with Crippen LogP contribution >= 0.6 is 0 Å². The molecule has 0 spiro atoms. The number of carbonyl (C=O) groups is 1. The van der Waals surface area contributed by atoms with Crippen LogP contribution in [0, 0.1) is 0 Å². The zero-order chi connectivity index (χ0) is 9.52. The fraction of sp³-hybridized carbons (Fsp3) is 0.300. The number of hydrogen-bond donors (Lipinski definition) is 0. The van der Waals surface area contributed by atoms with Crippen LogP contribution in [-0.4, -0.2) is 20.0 Å². The zero-order valence-corrected chi connectivity index (χ0v) is 7.53. The molecule has 0 saturated heterocycles. The highest BCUT2D eigenvalue weighted by atomic mass is 16.5. The van der Waals surface area contributed by atoms with Crippen molar-refractivity contribution in [3.8, 4) is 11.5 Å². The van der Waals surface area contributed by atoms with E-state index in [1.807, 2.05) is 24.3 Å². The number of rotatable bonds is 5. The monoisotopic (exact) mass is 180 g/mol. The minimum Gasteiger partial charge on any atom is -0.497 e. The van der Waals surface area contributed by atoms with Crippen molar-refractivity contribution in [3.63, 3.8) is 0 Å². The van der Waals surface area contributed by atoms with E-state index >= 15 is 0 Å². The smallest absolute Gasteiger partial charge is 0.123 e. The third-order valence-corrected chi connectivity index (χ3v) is 1.56. The van der Waals surface area contributed by atoms with Gasteiger partial charge in [-0.1, -0.05) is 0 Å². The first-order valence-electron chi connectivity index (χ1n) is 4.07. The van der Waals surface area contributed by atoms with E-state index in [9.17, 15) is 4.79 Å². The highest BCUT2D eigenvalue weighted by molar-refractivity contribution is 5.49. The summed E-state index contributed by atoms with van der Waals surface area (Å²) in [7, 11) is 1.61. The molecule has 1 aromatic carbocycles. The fourth-order valence-electron chi connectivity index (χ4n) is 0.897. The molecular formula is C10H12O3. The van der Waals surface area contributed by atoms with Crippen LogP contribution in [0.5, 0.6) is 11.5 Å². The molecule has 70 valence electrons. The van der Waals surface area contributed by atoms with Crippen LogP contribution in [0.1, 0.15) is 6.42 Å². The number of carbonyl (C=O) groups excluding carboxylic acids is 1. The molecule has 0 heterocycles. The summed E-state index contributed by atoms with van der Waals surface area (Å²) in [6.07, 6.45) is 1.26. The average molecular weight is 180 g/mol. The minimum absolute atomic E-state index is 0.423. The van der Waals surface area contributed by atoms with Crippen LogP contribution in [-0.2, 0) is 4.79 Å². The lowest BCUT2D eigenvalue weighted by molar-refractivity contribution is -0.108. The molecule has 0 aliphatic rings. The van der Waals surface area contributed by atoms with Crippen LogP contribution in [0.25, 0.3) is 0 Å². The van der Waals surface area contributed by atoms with E-state index in [-0.39, 0.29) is 0 Å². The molecule has 0 N–H and O–H groups in total. The lowest BCUT2D eigenvalue weighted by Crippen LogP contribution is -1.97. The summed E-state index contributed by atoms with van der Waals surface area (Å²) in [5.74, 6) is 1.55. The van der Waals surface area contributed by atoms with Gasteiger partial charge in [0.15, 0.2) is 0 Å². The second kappa shape index (κ2) is 5.19. The summed E-state index contributed by atoms with van der Waals surface area (Å²) in [5.41, 5.74) is 0. The van der Waals surface area contributed by atoms with Gasteiger partial charge < -0.3 is 14.3 Å². The number of ether oxygens (including phenoxy) is 2. The lowest BCUT2D eigenvalue weighted by Gasteiger charge is -2.04. The molecule has 3 nitrogen and oxygen atoms in total.